The molecule has 1 aromatic carbocycles. The molecule has 0 aliphatic carbocycles. The first-order valence-corrected chi connectivity index (χ1v) is 7.86. The third-order valence-electron chi connectivity index (χ3n) is 3.67. The van der Waals surface area contributed by atoms with Gasteiger partial charge >= 0.3 is 0 Å². The fourth-order valence-electron chi connectivity index (χ4n) is 2.72. The zero-order chi connectivity index (χ0) is 15.4. The summed E-state index contributed by atoms with van der Waals surface area (Å²) in [6.45, 7) is 6.55. The average molecular weight is 311 g/mol. The van der Waals surface area contributed by atoms with Crippen molar-refractivity contribution in [1.82, 2.24) is 10.2 Å². The van der Waals surface area contributed by atoms with Crippen molar-refractivity contribution in [1.29, 1.82) is 0 Å². The summed E-state index contributed by atoms with van der Waals surface area (Å²) in [5.41, 5.74) is 0.318. The maximum absolute atomic E-state index is 12.7. The summed E-state index contributed by atoms with van der Waals surface area (Å²) in [5.74, 6) is 0.192. The molecule has 21 heavy (non-hydrogen) atoms. The normalized spacial score (nSPS) is 18.2. The summed E-state index contributed by atoms with van der Waals surface area (Å²) in [7, 11) is 0. The molecule has 1 aliphatic rings. The standard InChI is InChI=1S/C16H23ClN2O2/c1-11(2)9-19(10-13-4-3-7-18-13)16(21)14-6-5-12(17)8-15(14)20/h5-6,8,11,13,18,20H,3-4,7,9-10H2,1-2H3. The van der Waals surface area contributed by atoms with E-state index in [1.165, 1.54) is 6.07 Å². The van der Waals surface area contributed by atoms with Gasteiger partial charge in [0, 0.05) is 24.2 Å². The zero-order valence-electron chi connectivity index (χ0n) is 12.6. The van der Waals surface area contributed by atoms with Crippen LogP contribution in [0.2, 0.25) is 5.02 Å². The number of phenolic OH excluding ortho intramolecular Hbond substituents is 1. The van der Waals surface area contributed by atoms with Gasteiger partial charge in [-0.25, -0.2) is 0 Å². The van der Waals surface area contributed by atoms with Crippen molar-refractivity contribution in [3.8, 4) is 5.75 Å². The van der Waals surface area contributed by atoms with Gasteiger partial charge in [-0.2, -0.15) is 0 Å². The molecule has 0 aromatic heterocycles. The molecule has 2 N–H and O–H groups in total. The predicted octanol–water partition coefficient (Wildman–Crippen LogP) is 2.90. The first kappa shape index (κ1) is 16.1. The second-order valence-corrected chi connectivity index (χ2v) is 6.50. The summed E-state index contributed by atoms with van der Waals surface area (Å²) in [4.78, 5) is 14.5. The van der Waals surface area contributed by atoms with Gasteiger partial charge in [0.15, 0.2) is 0 Å². The number of rotatable bonds is 5. The van der Waals surface area contributed by atoms with Crippen LogP contribution < -0.4 is 5.32 Å². The van der Waals surface area contributed by atoms with Crippen LogP contribution in [0.4, 0.5) is 0 Å². The topological polar surface area (TPSA) is 52.6 Å². The highest BCUT2D eigenvalue weighted by molar-refractivity contribution is 6.30. The first-order valence-electron chi connectivity index (χ1n) is 7.48. The van der Waals surface area contributed by atoms with Gasteiger partial charge in [0.2, 0.25) is 0 Å². The van der Waals surface area contributed by atoms with Crippen LogP contribution in [0.1, 0.15) is 37.0 Å². The number of carbonyl (C=O) groups excluding carboxylic acids is 1. The quantitative estimate of drug-likeness (QED) is 0.879. The molecular weight excluding hydrogens is 288 g/mol. The van der Waals surface area contributed by atoms with E-state index in [9.17, 15) is 9.90 Å². The molecule has 0 spiro atoms. The first-order chi connectivity index (χ1) is 9.97. The molecule has 0 bridgehead atoms. The summed E-state index contributed by atoms with van der Waals surface area (Å²) >= 11 is 5.83. The molecule has 1 aromatic rings. The highest BCUT2D eigenvalue weighted by Gasteiger charge is 2.24. The van der Waals surface area contributed by atoms with E-state index < -0.39 is 0 Å². The van der Waals surface area contributed by atoms with Gasteiger partial charge in [-0.05, 0) is 43.5 Å². The van der Waals surface area contributed by atoms with Gasteiger partial charge in [0.1, 0.15) is 5.75 Å². The summed E-state index contributed by atoms with van der Waals surface area (Å²) in [5, 5.41) is 13.8. The van der Waals surface area contributed by atoms with Crippen molar-refractivity contribution in [3.63, 3.8) is 0 Å². The lowest BCUT2D eigenvalue weighted by Gasteiger charge is -2.28. The van der Waals surface area contributed by atoms with Crippen molar-refractivity contribution in [2.75, 3.05) is 19.6 Å². The number of hydrogen-bond acceptors (Lipinski definition) is 3. The SMILES string of the molecule is CC(C)CN(CC1CCCN1)C(=O)c1ccc(Cl)cc1O. The number of aromatic hydroxyl groups is 1. The lowest BCUT2D eigenvalue weighted by molar-refractivity contribution is 0.0718. The lowest BCUT2D eigenvalue weighted by atomic mass is 10.1. The molecule has 0 saturated carbocycles. The van der Waals surface area contributed by atoms with Crippen LogP contribution in [0.5, 0.6) is 5.75 Å². The van der Waals surface area contributed by atoms with Crippen LogP contribution in [0.15, 0.2) is 18.2 Å². The Balaban J connectivity index is 2.15. The van der Waals surface area contributed by atoms with Gasteiger partial charge < -0.3 is 15.3 Å². The molecule has 2 rings (SSSR count). The molecule has 1 fully saturated rings. The van der Waals surface area contributed by atoms with Gasteiger partial charge in [-0.1, -0.05) is 25.4 Å². The highest BCUT2D eigenvalue weighted by Crippen LogP contribution is 2.24. The number of hydrogen-bond donors (Lipinski definition) is 2. The maximum Gasteiger partial charge on any atom is 0.257 e. The van der Waals surface area contributed by atoms with E-state index in [2.05, 4.69) is 19.2 Å². The van der Waals surface area contributed by atoms with Crippen molar-refractivity contribution in [2.24, 2.45) is 5.92 Å². The predicted molar refractivity (Wildman–Crippen MR) is 84.9 cm³/mol. The van der Waals surface area contributed by atoms with E-state index in [1.54, 1.807) is 12.1 Å². The Morgan fingerprint density at radius 2 is 2.29 bits per heavy atom. The molecule has 4 nitrogen and oxygen atoms in total. The fraction of sp³-hybridized carbons (Fsp3) is 0.562. The largest absolute Gasteiger partial charge is 0.507 e. The fourth-order valence-corrected chi connectivity index (χ4v) is 2.88. The third kappa shape index (κ3) is 4.35. The smallest absolute Gasteiger partial charge is 0.257 e. The molecule has 5 heteroatoms. The van der Waals surface area contributed by atoms with Crippen molar-refractivity contribution < 1.29 is 9.90 Å². The second kappa shape index (κ2) is 7.14. The Hall–Kier alpha value is -1.26. The van der Waals surface area contributed by atoms with Crippen molar-refractivity contribution in [2.45, 2.75) is 32.7 Å². The van der Waals surface area contributed by atoms with Crippen LogP contribution in [-0.2, 0) is 0 Å². The van der Waals surface area contributed by atoms with E-state index in [4.69, 9.17) is 11.6 Å². The number of nitrogens with zero attached hydrogens (tertiary/aromatic N) is 1. The highest BCUT2D eigenvalue weighted by atomic mass is 35.5. The Labute approximate surface area is 131 Å². The Bertz CT molecular complexity index is 499. The maximum atomic E-state index is 12.7. The van der Waals surface area contributed by atoms with E-state index in [-0.39, 0.29) is 11.7 Å². The summed E-state index contributed by atoms with van der Waals surface area (Å²) in [6.07, 6.45) is 2.25. The van der Waals surface area contributed by atoms with Gasteiger partial charge in [-0.15, -0.1) is 0 Å². The molecule has 0 radical (unpaired) electrons. The number of carbonyl (C=O) groups is 1. The zero-order valence-corrected chi connectivity index (χ0v) is 13.4. The minimum absolute atomic E-state index is 0.0550. The number of halogens is 1. The molecular formula is C16H23ClN2O2. The minimum Gasteiger partial charge on any atom is -0.507 e. The van der Waals surface area contributed by atoms with E-state index in [1.807, 2.05) is 4.90 Å². The van der Waals surface area contributed by atoms with Gasteiger partial charge in [-0.3, -0.25) is 4.79 Å². The van der Waals surface area contributed by atoms with E-state index >= 15 is 0 Å². The molecule has 116 valence electrons. The summed E-state index contributed by atoms with van der Waals surface area (Å²) in [6, 6.07) is 4.99. The molecule has 1 aliphatic heterocycles. The Kier molecular flexibility index (Phi) is 5.48. The molecule has 1 heterocycles. The van der Waals surface area contributed by atoms with E-state index in [0.717, 1.165) is 19.4 Å². The van der Waals surface area contributed by atoms with Gasteiger partial charge in [0.25, 0.3) is 5.91 Å². The van der Waals surface area contributed by atoms with Crippen LogP contribution >= 0.6 is 11.6 Å². The summed E-state index contributed by atoms with van der Waals surface area (Å²) < 4.78 is 0. The van der Waals surface area contributed by atoms with Crippen LogP contribution in [0.3, 0.4) is 0 Å². The third-order valence-corrected chi connectivity index (χ3v) is 3.90. The van der Waals surface area contributed by atoms with Gasteiger partial charge in [0.05, 0.1) is 5.56 Å². The molecule has 1 unspecified atom stereocenters. The molecule has 1 atom stereocenters. The minimum atomic E-state index is -0.133. The monoisotopic (exact) mass is 310 g/mol. The second-order valence-electron chi connectivity index (χ2n) is 6.06. The average Bonchev–Trinajstić information content (AvgIpc) is 2.89. The molecule has 1 saturated heterocycles. The van der Waals surface area contributed by atoms with E-state index in [0.29, 0.717) is 35.6 Å². The number of nitrogens with one attached hydrogen (secondary N) is 1. The van der Waals surface area contributed by atoms with Crippen LogP contribution in [-0.4, -0.2) is 41.6 Å². The Morgan fingerprint density at radius 3 is 2.86 bits per heavy atom. The van der Waals surface area contributed by atoms with Crippen molar-refractivity contribution in [3.05, 3.63) is 28.8 Å². The lowest BCUT2D eigenvalue weighted by Crippen LogP contribution is -2.42. The van der Waals surface area contributed by atoms with Crippen molar-refractivity contribution >= 4 is 17.5 Å². The molecule has 1 amide bonds. The number of benzene rings is 1. The Morgan fingerprint density at radius 1 is 1.52 bits per heavy atom. The van der Waals surface area contributed by atoms with Crippen LogP contribution in [0, 0.1) is 5.92 Å². The van der Waals surface area contributed by atoms with Crippen LogP contribution in [0.25, 0.3) is 0 Å². The number of phenols is 1. The number of amides is 1.